The first-order valence-corrected chi connectivity index (χ1v) is 10.4. The van der Waals surface area contributed by atoms with Gasteiger partial charge in [-0.15, -0.1) is 0 Å². The summed E-state index contributed by atoms with van der Waals surface area (Å²) in [5.41, 5.74) is 7.24. The van der Waals surface area contributed by atoms with Gasteiger partial charge in [0.2, 0.25) is 5.95 Å². The summed E-state index contributed by atoms with van der Waals surface area (Å²) >= 11 is 5.97. The van der Waals surface area contributed by atoms with Crippen molar-refractivity contribution in [3.63, 3.8) is 0 Å². The van der Waals surface area contributed by atoms with E-state index in [1.807, 2.05) is 6.92 Å². The molecule has 1 heterocycles. The summed E-state index contributed by atoms with van der Waals surface area (Å²) in [7, 11) is 0. The molecule has 0 aliphatic carbocycles. The second kappa shape index (κ2) is 10.9. The molecule has 0 spiro atoms. The van der Waals surface area contributed by atoms with Gasteiger partial charge in [-0.1, -0.05) is 23.7 Å². The van der Waals surface area contributed by atoms with Crippen molar-refractivity contribution in [2.24, 2.45) is 5.73 Å². The molecule has 3 rings (SSSR count). The van der Waals surface area contributed by atoms with E-state index in [0.29, 0.717) is 41.5 Å². The van der Waals surface area contributed by atoms with Gasteiger partial charge in [-0.3, -0.25) is 10.1 Å². The molecule has 1 aromatic heterocycles. The Hall–Kier alpha value is -3.27. The number of urea groups is 1. The minimum Gasteiger partial charge on any atom is -0.331 e. The lowest BCUT2D eigenvalue weighted by Gasteiger charge is -2.09. The largest absolute Gasteiger partial charge is 0.331 e. The number of amides is 2. The Bertz CT molecular complexity index is 1170. The normalized spacial score (nSPS) is 10.8. The molecule has 3 aromatic rings. The number of H-pyrrole nitrogens is 1. The zero-order chi connectivity index (χ0) is 23.1. The summed E-state index contributed by atoms with van der Waals surface area (Å²) in [5.74, 6) is -0.467. The second-order valence-corrected chi connectivity index (χ2v) is 7.54. The molecule has 0 unspecified atom stereocenters. The summed E-state index contributed by atoms with van der Waals surface area (Å²) in [4.78, 5) is 31.2. The summed E-state index contributed by atoms with van der Waals surface area (Å²) in [5, 5.41) is 8.78. The number of nitrogens with zero attached hydrogens (tertiary/aromatic N) is 1. The number of carbonyl (C=O) groups is 1. The summed E-state index contributed by atoms with van der Waals surface area (Å²) in [6.07, 6.45) is 2.18. The predicted octanol–water partition coefficient (Wildman–Crippen LogP) is 3.62. The van der Waals surface area contributed by atoms with Crippen molar-refractivity contribution in [3.8, 4) is 11.1 Å². The molecular weight excluding hydrogens is 435 g/mol. The van der Waals surface area contributed by atoms with Crippen LogP contribution in [0.5, 0.6) is 0 Å². The molecule has 168 valence electrons. The topological polar surface area (TPSA) is 125 Å². The van der Waals surface area contributed by atoms with Crippen LogP contribution >= 0.6 is 11.6 Å². The molecule has 0 aliphatic heterocycles. The number of nitrogens with two attached hydrogens (primary N) is 1. The van der Waals surface area contributed by atoms with Gasteiger partial charge in [-0.05, 0) is 61.8 Å². The molecular formula is C22H24ClFN6O2. The number of halogens is 2. The zero-order valence-corrected chi connectivity index (χ0v) is 18.2. The Morgan fingerprint density at radius 3 is 2.72 bits per heavy atom. The van der Waals surface area contributed by atoms with Gasteiger partial charge in [0.15, 0.2) is 0 Å². The van der Waals surface area contributed by atoms with Crippen LogP contribution in [0.25, 0.3) is 11.1 Å². The predicted molar refractivity (Wildman–Crippen MR) is 124 cm³/mol. The molecule has 0 saturated heterocycles. The number of anilines is 2. The highest BCUT2D eigenvalue weighted by Crippen LogP contribution is 2.20. The Labute approximate surface area is 189 Å². The number of rotatable bonds is 8. The Kier molecular flexibility index (Phi) is 7.93. The van der Waals surface area contributed by atoms with Gasteiger partial charge >= 0.3 is 6.03 Å². The first kappa shape index (κ1) is 23.4. The Morgan fingerprint density at radius 1 is 1.22 bits per heavy atom. The molecule has 2 amide bonds. The van der Waals surface area contributed by atoms with Gasteiger partial charge in [0.05, 0.1) is 5.56 Å². The van der Waals surface area contributed by atoms with E-state index in [1.54, 1.807) is 30.3 Å². The number of nitrogens with one attached hydrogen (secondary N) is 4. The van der Waals surface area contributed by atoms with E-state index in [-0.39, 0.29) is 11.5 Å². The number of aromatic amines is 1. The highest BCUT2D eigenvalue weighted by molar-refractivity contribution is 6.31. The lowest BCUT2D eigenvalue weighted by Crippen LogP contribution is -2.23. The van der Waals surface area contributed by atoms with E-state index in [2.05, 4.69) is 25.9 Å². The first-order chi connectivity index (χ1) is 15.4. The second-order valence-electron chi connectivity index (χ2n) is 7.14. The minimum absolute atomic E-state index is 0.0388. The maximum atomic E-state index is 14.4. The average molecular weight is 459 g/mol. The zero-order valence-electron chi connectivity index (χ0n) is 17.5. The van der Waals surface area contributed by atoms with Crippen molar-refractivity contribution in [2.45, 2.75) is 19.9 Å². The molecule has 0 saturated carbocycles. The number of hydrogen-bond acceptors (Lipinski definition) is 5. The quantitative estimate of drug-likeness (QED) is 0.330. The summed E-state index contributed by atoms with van der Waals surface area (Å²) in [6, 6.07) is 9.01. The van der Waals surface area contributed by atoms with Crippen LogP contribution in [0.3, 0.4) is 0 Å². The molecule has 0 aliphatic rings. The lowest BCUT2D eigenvalue weighted by atomic mass is 10.1. The van der Waals surface area contributed by atoms with E-state index < -0.39 is 17.4 Å². The Morgan fingerprint density at radius 2 is 2.03 bits per heavy atom. The van der Waals surface area contributed by atoms with Crippen molar-refractivity contribution >= 4 is 29.3 Å². The van der Waals surface area contributed by atoms with Crippen LogP contribution in [-0.4, -0.2) is 29.1 Å². The van der Waals surface area contributed by atoms with Gasteiger partial charge in [-0.25, -0.2) is 9.18 Å². The molecule has 2 aromatic carbocycles. The third-order valence-corrected chi connectivity index (χ3v) is 5.11. The summed E-state index contributed by atoms with van der Waals surface area (Å²) < 4.78 is 14.4. The number of hydrogen-bond donors (Lipinski definition) is 5. The van der Waals surface area contributed by atoms with Crippen LogP contribution in [0.4, 0.5) is 20.8 Å². The standard InChI is InChI=1S/C22H24ClFN6O2/c1-13-9-16(5-6-18(13)23)28-22(32)30-21-27-12-17(20(31)29-21)14-3-4-15(19(24)10-14)11-26-8-2-7-25/h3-6,9-10,12,26H,2,7-8,11,25H2,1H3,(H3,27,28,29,30,31,32). The van der Waals surface area contributed by atoms with Crippen molar-refractivity contribution in [3.05, 3.63) is 74.9 Å². The molecule has 8 nitrogen and oxygen atoms in total. The fourth-order valence-corrected chi connectivity index (χ4v) is 3.09. The van der Waals surface area contributed by atoms with Gasteiger partial charge in [-0.2, -0.15) is 4.98 Å². The fraction of sp³-hybridized carbons (Fsp3) is 0.227. The number of carbonyl (C=O) groups excluding carboxylic acids is 1. The Balaban J connectivity index is 1.66. The number of benzene rings is 2. The smallest absolute Gasteiger partial charge is 0.326 e. The maximum absolute atomic E-state index is 14.4. The summed E-state index contributed by atoms with van der Waals surface area (Å²) in [6.45, 7) is 3.45. The molecule has 0 atom stereocenters. The van der Waals surface area contributed by atoms with Gasteiger partial charge in [0.25, 0.3) is 5.56 Å². The SMILES string of the molecule is Cc1cc(NC(=O)Nc2nc(=O)c(-c3ccc(CNCCCN)c(F)c3)c[nH]2)ccc1Cl. The van der Waals surface area contributed by atoms with E-state index >= 15 is 0 Å². The highest BCUT2D eigenvalue weighted by Gasteiger charge is 2.11. The number of aryl methyl sites for hydroxylation is 1. The molecule has 32 heavy (non-hydrogen) atoms. The van der Waals surface area contributed by atoms with Crippen molar-refractivity contribution in [1.29, 1.82) is 0 Å². The molecule has 0 radical (unpaired) electrons. The van der Waals surface area contributed by atoms with Crippen LogP contribution in [0.15, 0.2) is 47.4 Å². The highest BCUT2D eigenvalue weighted by atomic mass is 35.5. The monoisotopic (exact) mass is 458 g/mol. The molecule has 0 bridgehead atoms. The van der Waals surface area contributed by atoms with E-state index in [9.17, 15) is 14.0 Å². The number of aromatic nitrogens is 2. The van der Waals surface area contributed by atoms with Crippen molar-refractivity contribution < 1.29 is 9.18 Å². The van der Waals surface area contributed by atoms with Gasteiger partial charge in [0.1, 0.15) is 5.82 Å². The third kappa shape index (κ3) is 6.13. The minimum atomic E-state index is -0.602. The van der Waals surface area contributed by atoms with Gasteiger partial charge in [0, 0.05) is 29.0 Å². The fourth-order valence-electron chi connectivity index (χ4n) is 2.97. The van der Waals surface area contributed by atoms with Crippen LogP contribution in [0, 0.1) is 12.7 Å². The van der Waals surface area contributed by atoms with Crippen LogP contribution in [-0.2, 0) is 6.54 Å². The van der Waals surface area contributed by atoms with E-state index in [1.165, 1.54) is 12.3 Å². The van der Waals surface area contributed by atoms with Crippen molar-refractivity contribution in [1.82, 2.24) is 15.3 Å². The van der Waals surface area contributed by atoms with Gasteiger partial charge < -0.3 is 21.4 Å². The average Bonchev–Trinajstić information content (AvgIpc) is 2.75. The first-order valence-electron chi connectivity index (χ1n) is 10.0. The third-order valence-electron chi connectivity index (χ3n) is 4.68. The van der Waals surface area contributed by atoms with E-state index in [4.69, 9.17) is 17.3 Å². The van der Waals surface area contributed by atoms with Crippen LogP contribution in [0.1, 0.15) is 17.5 Å². The van der Waals surface area contributed by atoms with E-state index in [0.717, 1.165) is 12.0 Å². The lowest BCUT2D eigenvalue weighted by molar-refractivity contribution is 0.262. The maximum Gasteiger partial charge on any atom is 0.326 e. The molecule has 10 heteroatoms. The molecule has 6 N–H and O–H groups in total. The van der Waals surface area contributed by atoms with Crippen LogP contribution < -0.4 is 27.2 Å². The molecule has 0 fully saturated rings. The van der Waals surface area contributed by atoms with Crippen LogP contribution in [0.2, 0.25) is 5.02 Å². The van der Waals surface area contributed by atoms with Crippen molar-refractivity contribution in [2.75, 3.05) is 23.7 Å².